The summed E-state index contributed by atoms with van der Waals surface area (Å²) in [5.41, 5.74) is 0.151. The molecule has 14 heavy (non-hydrogen) atoms. The molecule has 0 aromatic carbocycles. The summed E-state index contributed by atoms with van der Waals surface area (Å²) in [4.78, 5) is 11.3. The molecule has 0 saturated heterocycles. The number of carbonyl (C=O) groups is 1. The Balaban J connectivity index is 0. The van der Waals surface area contributed by atoms with Gasteiger partial charge < -0.3 is 5.32 Å². The van der Waals surface area contributed by atoms with Crippen molar-refractivity contribution in [3.05, 3.63) is 0 Å². The van der Waals surface area contributed by atoms with E-state index in [4.69, 9.17) is 0 Å². The highest BCUT2D eigenvalue weighted by atomic mass is 16.1. The van der Waals surface area contributed by atoms with Gasteiger partial charge in [-0.2, -0.15) is 0 Å². The minimum absolute atomic E-state index is 0.151. The predicted octanol–water partition coefficient (Wildman–Crippen LogP) is 3.37. The van der Waals surface area contributed by atoms with Gasteiger partial charge in [-0.3, -0.25) is 4.79 Å². The summed E-state index contributed by atoms with van der Waals surface area (Å²) in [5.74, 6) is 0.184. The average Bonchev–Trinajstić information content (AvgIpc) is 2.17. The van der Waals surface area contributed by atoms with Crippen molar-refractivity contribution >= 4 is 5.91 Å². The van der Waals surface area contributed by atoms with Gasteiger partial charge >= 0.3 is 0 Å². The van der Waals surface area contributed by atoms with Gasteiger partial charge in [0.15, 0.2) is 0 Å². The molecule has 0 radical (unpaired) electrons. The maximum Gasteiger partial charge on any atom is 0.220 e. The molecule has 0 saturated carbocycles. The number of hydrogen-bond donors (Lipinski definition) is 1. The molecule has 0 atom stereocenters. The molecule has 0 rings (SSSR count). The van der Waals surface area contributed by atoms with Gasteiger partial charge in [-0.15, -0.1) is 0 Å². The molecule has 0 aromatic rings. The van der Waals surface area contributed by atoms with E-state index >= 15 is 0 Å². The van der Waals surface area contributed by atoms with E-state index in [9.17, 15) is 4.79 Å². The summed E-state index contributed by atoms with van der Waals surface area (Å²) in [7, 11) is 0. The van der Waals surface area contributed by atoms with Gasteiger partial charge in [-0.25, -0.2) is 0 Å². The third-order valence-electron chi connectivity index (χ3n) is 2.17. The molecule has 2 nitrogen and oxygen atoms in total. The monoisotopic (exact) mass is 201 g/mol. The highest BCUT2D eigenvalue weighted by Gasteiger charge is 2.18. The summed E-state index contributed by atoms with van der Waals surface area (Å²) in [6.45, 7) is 13.2. The molecule has 0 bridgehead atoms. The lowest BCUT2D eigenvalue weighted by Gasteiger charge is -2.21. The summed E-state index contributed by atoms with van der Waals surface area (Å²) in [6.07, 6.45) is 2.70. The van der Waals surface area contributed by atoms with E-state index in [1.807, 2.05) is 13.8 Å². The van der Waals surface area contributed by atoms with Crippen LogP contribution in [0.5, 0.6) is 0 Å². The maximum absolute atomic E-state index is 11.3. The summed E-state index contributed by atoms with van der Waals surface area (Å²) >= 11 is 0. The zero-order valence-electron chi connectivity index (χ0n) is 10.7. The number of rotatable bonds is 5. The second-order valence-electron chi connectivity index (χ2n) is 4.04. The first-order chi connectivity index (χ1) is 6.52. The third kappa shape index (κ3) is 9.56. The van der Waals surface area contributed by atoms with Crippen LogP contribution >= 0.6 is 0 Å². The van der Waals surface area contributed by atoms with Crippen molar-refractivity contribution < 1.29 is 4.79 Å². The van der Waals surface area contributed by atoms with Crippen LogP contribution in [0.4, 0.5) is 0 Å². The van der Waals surface area contributed by atoms with E-state index < -0.39 is 0 Å². The first-order valence-electron chi connectivity index (χ1n) is 5.78. The molecular formula is C12H27NO. The van der Waals surface area contributed by atoms with Crippen LogP contribution in [0.25, 0.3) is 0 Å². The lowest BCUT2D eigenvalue weighted by Crippen LogP contribution is -2.28. The van der Waals surface area contributed by atoms with Crippen LogP contribution in [0.1, 0.15) is 60.8 Å². The number of amides is 1. The fourth-order valence-corrected chi connectivity index (χ4v) is 0.887. The molecule has 0 aliphatic rings. The Hall–Kier alpha value is -0.530. The Labute approximate surface area is 89.5 Å². The second kappa shape index (κ2) is 9.04. The fourth-order valence-electron chi connectivity index (χ4n) is 0.887. The highest BCUT2D eigenvalue weighted by Crippen LogP contribution is 2.23. The number of hydrogen-bond acceptors (Lipinski definition) is 1. The Morgan fingerprint density at radius 3 is 2.07 bits per heavy atom. The van der Waals surface area contributed by atoms with E-state index in [1.54, 1.807) is 0 Å². The van der Waals surface area contributed by atoms with Crippen molar-refractivity contribution in [2.45, 2.75) is 60.8 Å². The van der Waals surface area contributed by atoms with Crippen molar-refractivity contribution in [3.63, 3.8) is 0 Å². The van der Waals surface area contributed by atoms with Gasteiger partial charge in [-0.05, 0) is 11.8 Å². The minimum Gasteiger partial charge on any atom is -0.356 e. The zero-order chi connectivity index (χ0) is 11.6. The molecule has 0 spiro atoms. The van der Waals surface area contributed by atoms with Crippen LogP contribution in [-0.4, -0.2) is 12.5 Å². The van der Waals surface area contributed by atoms with E-state index in [1.165, 1.54) is 0 Å². The van der Waals surface area contributed by atoms with Crippen molar-refractivity contribution in [2.75, 3.05) is 6.54 Å². The van der Waals surface area contributed by atoms with E-state index in [0.717, 1.165) is 19.4 Å². The van der Waals surface area contributed by atoms with Crippen LogP contribution in [0.3, 0.4) is 0 Å². The Bertz CT molecular complexity index is 141. The third-order valence-corrected chi connectivity index (χ3v) is 2.17. The van der Waals surface area contributed by atoms with Crippen molar-refractivity contribution in [1.82, 2.24) is 5.32 Å². The van der Waals surface area contributed by atoms with Gasteiger partial charge in [0.1, 0.15) is 0 Å². The second-order valence-corrected chi connectivity index (χ2v) is 4.04. The SMILES string of the molecule is CC.CCCNC(=O)CC(C)(C)CC. The van der Waals surface area contributed by atoms with Crippen LogP contribution < -0.4 is 5.32 Å². The highest BCUT2D eigenvalue weighted by molar-refractivity contribution is 5.76. The molecule has 1 amide bonds. The van der Waals surface area contributed by atoms with Crippen LogP contribution in [0.2, 0.25) is 0 Å². The number of carbonyl (C=O) groups excluding carboxylic acids is 1. The summed E-state index contributed by atoms with van der Waals surface area (Å²) < 4.78 is 0. The van der Waals surface area contributed by atoms with E-state index in [2.05, 4.69) is 33.0 Å². The first kappa shape index (κ1) is 15.9. The van der Waals surface area contributed by atoms with E-state index in [-0.39, 0.29) is 11.3 Å². The van der Waals surface area contributed by atoms with Gasteiger partial charge in [-0.1, -0.05) is 48.0 Å². The molecular weight excluding hydrogens is 174 g/mol. The molecule has 0 fully saturated rings. The minimum atomic E-state index is 0.151. The summed E-state index contributed by atoms with van der Waals surface area (Å²) in [6, 6.07) is 0. The maximum atomic E-state index is 11.3. The predicted molar refractivity (Wildman–Crippen MR) is 63.3 cm³/mol. The Kier molecular flexibility index (Phi) is 10.3. The zero-order valence-corrected chi connectivity index (χ0v) is 10.7. The molecule has 0 aromatic heterocycles. The summed E-state index contributed by atoms with van der Waals surface area (Å²) in [5, 5.41) is 2.88. The normalized spacial score (nSPS) is 10.1. The topological polar surface area (TPSA) is 29.1 Å². The van der Waals surface area contributed by atoms with Crippen molar-refractivity contribution in [3.8, 4) is 0 Å². The van der Waals surface area contributed by atoms with Crippen LogP contribution in [-0.2, 0) is 4.79 Å². The van der Waals surface area contributed by atoms with E-state index in [0.29, 0.717) is 6.42 Å². The average molecular weight is 201 g/mol. The Morgan fingerprint density at radius 1 is 1.21 bits per heavy atom. The molecule has 0 heterocycles. The molecule has 2 heteroatoms. The Morgan fingerprint density at radius 2 is 1.71 bits per heavy atom. The standard InChI is InChI=1S/C10H21NO.C2H6/c1-5-7-11-9(12)8-10(3,4)6-2;1-2/h5-8H2,1-4H3,(H,11,12);1-2H3. The smallest absolute Gasteiger partial charge is 0.220 e. The van der Waals surface area contributed by atoms with Gasteiger partial charge in [0.2, 0.25) is 5.91 Å². The fraction of sp³-hybridized carbons (Fsp3) is 0.917. The van der Waals surface area contributed by atoms with Crippen molar-refractivity contribution in [1.29, 1.82) is 0 Å². The molecule has 1 N–H and O–H groups in total. The van der Waals surface area contributed by atoms with Gasteiger partial charge in [0.25, 0.3) is 0 Å². The first-order valence-corrected chi connectivity index (χ1v) is 5.78. The molecule has 0 unspecified atom stereocenters. The molecule has 86 valence electrons. The number of nitrogens with one attached hydrogen (secondary N) is 1. The van der Waals surface area contributed by atoms with Crippen LogP contribution in [0.15, 0.2) is 0 Å². The molecule has 0 aliphatic heterocycles. The van der Waals surface area contributed by atoms with Crippen molar-refractivity contribution in [2.24, 2.45) is 5.41 Å². The quantitative estimate of drug-likeness (QED) is 0.726. The lowest BCUT2D eigenvalue weighted by atomic mass is 9.86. The van der Waals surface area contributed by atoms with Gasteiger partial charge in [0, 0.05) is 13.0 Å². The van der Waals surface area contributed by atoms with Crippen LogP contribution in [0, 0.1) is 5.41 Å². The van der Waals surface area contributed by atoms with Gasteiger partial charge in [0.05, 0.1) is 0 Å². The lowest BCUT2D eigenvalue weighted by molar-refractivity contribution is -0.123. The largest absolute Gasteiger partial charge is 0.356 e. The molecule has 0 aliphatic carbocycles.